The number of benzene rings is 1. The van der Waals surface area contributed by atoms with Crippen LogP contribution in [-0.4, -0.2) is 46.0 Å². The molecule has 1 heterocycles. The summed E-state index contributed by atoms with van der Waals surface area (Å²) in [6.07, 6.45) is -0.373. The van der Waals surface area contributed by atoms with Crippen molar-refractivity contribution < 1.29 is 23.1 Å². The van der Waals surface area contributed by atoms with E-state index >= 15 is 0 Å². The summed E-state index contributed by atoms with van der Waals surface area (Å²) in [5.74, 6) is -3.13. The molecule has 1 aliphatic rings. The third-order valence-electron chi connectivity index (χ3n) is 3.36. The van der Waals surface area contributed by atoms with Crippen LogP contribution in [0.25, 0.3) is 0 Å². The standard InChI is InChI=1S/C12H11AsF3NO2/c13-10-8(15)5-7(14)9(11(10)16)6-1-3-17(4-2-6)12(18)19/h5-6H,1-4H2,(H,18,19). The predicted octanol–water partition coefficient (Wildman–Crippen LogP) is 1.76. The van der Waals surface area contributed by atoms with Crippen molar-refractivity contribution in [2.24, 2.45) is 0 Å². The van der Waals surface area contributed by atoms with E-state index in [2.05, 4.69) is 0 Å². The second-order valence-corrected chi connectivity index (χ2v) is 5.40. The number of likely N-dealkylation sites (tertiary alicyclic amines) is 1. The van der Waals surface area contributed by atoms with Crippen molar-refractivity contribution in [1.82, 2.24) is 4.90 Å². The molecule has 1 aromatic rings. The molecule has 1 N–H and O–H groups in total. The van der Waals surface area contributed by atoms with Crippen LogP contribution in [0.15, 0.2) is 6.07 Å². The van der Waals surface area contributed by atoms with Gasteiger partial charge in [-0.25, -0.2) is 0 Å². The molecule has 1 aromatic carbocycles. The molecule has 0 unspecified atom stereocenters. The first-order chi connectivity index (χ1) is 8.91. The van der Waals surface area contributed by atoms with Gasteiger partial charge in [-0.2, -0.15) is 0 Å². The molecule has 102 valence electrons. The molecule has 0 bridgehead atoms. The minimum absolute atomic E-state index is 0.137. The summed E-state index contributed by atoms with van der Waals surface area (Å²) in [7, 11) is 0. The monoisotopic (exact) mass is 333 g/mol. The van der Waals surface area contributed by atoms with Crippen LogP contribution in [0.1, 0.15) is 24.3 Å². The Hall–Kier alpha value is -1.16. The first-order valence-corrected chi connectivity index (χ1v) is 6.70. The zero-order valence-electron chi connectivity index (χ0n) is 9.87. The van der Waals surface area contributed by atoms with E-state index in [9.17, 15) is 18.0 Å². The Labute approximate surface area is 116 Å². The Morgan fingerprint density at radius 2 is 1.84 bits per heavy atom. The number of amides is 1. The van der Waals surface area contributed by atoms with Gasteiger partial charge in [-0.3, -0.25) is 0 Å². The Morgan fingerprint density at radius 3 is 2.37 bits per heavy atom. The number of carbonyl (C=O) groups is 1. The predicted molar refractivity (Wildman–Crippen MR) is 63.3 cm³/mol. The van der Waals surface area contributed by atoms with E-state index in [0.29, 0.717) is 18.9 Å². The molecule has 1 saturated heterocycles. The first kappa shape index (κ1) is 14.3. The SMILES string of the molecule is O=C(O)N1CCC(c2c(F)cc(F)c([As])c2F)CC1. The van der Waals surface area contributed by atoms with Gasteiger partial charge in [0.2, 0.25) is 0 Å². The fraction of sp³-hybridized carbons (Fsp3) is 0.417. The third kappa shape index (κ3) is 2.73. The number of rotatable bonds is 1. The number of nitrogens with zero attached hydrogens (tertiary/aromatic N) is 1. The van der Waals surface area contributed by atoms with Crippen LogP contribution < -0.4 is 4.35 Å². The molecule has 2 rings (SSSR count). The van der Waals surface area contributed by atoms with Gasteiger partial charge in [0.05, 0.1) is 0 Å². The van der Waals surface area contributed by atoms with Crippen LogP contribution in [0.5, 0.6) is 0 Å². The fourth-order valence-electron chi connectivity index (χ4n) is 2.33. The summed E-state index contributed by atoms with van der Waals surface area (Å²) >= 11 is 1.76. The van der Waals surface area contributed by atoms with E-state index in [0.717, 1.165) is 0 Å². The van der Waals surface area contributed by atoms with Crippen molar-refractivity contribution in [3.63, 3.8) is 0 Å². The van der Waals surface area contributed by atoms with Crippen LogP contribution in [-0.2, 0) is 0 Å². The van der Waals surface area contributed by atoms with Gasteiger partial charge in [-0.1, -0.05) is 0 Å². The summed E-state index contributed by atoms with van der Waals surface area (Å²) in [5.41, 5.74) is -0.137. The molecule has 0 atom stereocenters. The van der Waals surface area contributed by atoms with Crippen molar-refractivity contribution >= 4 is 27.3 Å². The fourth-order valence-corrected chi connectivity index (χ4v) is 2.72. The second-order valence-electron chi connectivity index (χ2n) is 4.46. The molecular formula is C12H11AsF3NO2. The molecule has 0 aliphatic carbocycles. The maximum atomic E-state index is 13.9. The molecule has 0 spiro atoms. The Bertz CT molecular complexity index is 516. The second kappa shape index (κ2) is 5.45. The van der Waals surface area contributed by atoms with Crippen LogP contribution in [0.3, 0.4) is 0 Å². The molecule has 0 saturated carbocycles. The van der Waals surface area contributed by atoms with Gasteiger partial charge >= 0.3 is 116 Å². The van der Waals surface area contributed by atoms with Gasteiger partial charge in [-0.15, -0.1) is 0 Å². The van der Waals surface area contributed by atoms with Gasteiger partial charge in [0.25, 0.3) is 0 Å². The summed E-state index contributed by atoms with van der Waals surface area (Å²) in [6.45, 7) is 0.453. The van der Waals surface area contributed by atoms with Crippen LogP contribution in [0.2, 0.25) is 0 Å². The Balaban J connectivity index is 2.25. The van der Waals surface area contributed by atoms with Gasteiger partial charge in [0, 0.05) is 0 Å². The summed E-state index contributed by atoms with van der Waals surface area (Å²) in [5, 5.41) is 8.81. The third-order valence-corrected chi connectivity index (χ3v) is 4.22. The minimum atomic E-state index is -1.04. The van der Waals surface area contributed by atoms with Gasteiger partial charge in [0.1, 0.15) is 0 Å². The van der Waals surface area contributed by atoms with Gasteiger partial charge < -0.3 is 0 Å². The number of piperidine rings is 1. The molecule has 2 radical (unpaired) electrons. The molecule has 19 heavy (non-hydrogen) atoms. The number of hydrogen-bond donors (Lipinski definition) is 1. The Morgan fingerprint density at radius 1 is 1.26 bits per heavy atom. The van der Waals surface area contributed by atoms with Crippen LogP contribution in [0, 0.1) is 17.5 Å². The van der Waals surface area contributed by atoms with E-state index in [1.807, 2.05) is 0 Å². The van der Waals surface area contributed by atoms with Crippen molar-refractivity contribution in [3.8, 4) is 0 Å². The van der Waals surface area contributed by atoms with E-state index in [-0.39, 0.29) is 23.0 Å². The average Bonchev–Trinajstić information content (AvgIpc) is 2.37. The molecule has 1 amide bonds. The van der Waals surface area contributed by atoms with Gasteiger partial charge in [-0.05, 0) is 0 Å². The topological polar surface area (TPSA) is 40.5 Å². The van der Waals surface area contributed by atoms with Crippen molar-refractivity contribution in [3.05, 3.63) is 29.1 Å². The molecule has 7 heteroatoms. The van der Waals surface area contributed by atoms with E-state index < -0.39 is 29.5 Å². The van der Waals surface area contributed by atoms with E-state index in [1.165, 1.54) is 4.90 Å². The molecule has 0 aromatic heterocycles. The Kier molecular flexibility index (Phi) is 4.09. The summed E-state index contributed by atoms with van der Waals surface area (Å²) in [6, 6.07) is 0.676. The number of carboxylic acid groups (broad SMARTS) is 1. The van der Waals surface area contributed by atoms with Crippen molar-refractivity contribution in [2.45, 2.75) is 18.8 Å². The van der Waals surface area contributed by atoms with Crippen molar-refractivity contribution in [1.29, 1.82) is 0 Å². The molecule has 1 aliphatic heterocycles. The quantitative estimate of drug-likeness (QED) is 0.796. The van der Waals surface area contributed by atoms with E-state index in [1.54, 1.807) is 16.9 Å². The molecule has 1 fully saturated rings. The van der Waals surface area contributed by atoms with Crippen LogP contribution in [0.4, 0.5) is 18.0 Å². The molecule has 3 nitrogen and oxygen atoms in total. The normalized spacial score (nSPS) is 16.7. The van der Waals surface area contributed by atoms with Crippen LogP contribution >= 0.6 is 0 Å². The van der Waals surface area contributed by atoms with E-state index in [4.69, 9.17) is 5.11 Å². The summed E-state index contributed by atoms with van der Waals surface area (Å²) in [4.78, 5) is 12.0. The maximum absolute atomic E-state index is 13.9. The van der Waals surface area contributed by atoms with Gasteiger partial charge in [0.15, 0.2) is 0 Å². The molecular weight excluding hydrogens is 322 g/mol. The number of halogens is 3. The number of hydrogen-bond acceptors (Lipinski definition) is 1. The van der Waals surface area contributed by atoms with Crippen molar-refractivity contribution in [2.75, 3.05) is 13.1 Å². The first-order valence-electron chi connectivity index (χ1n) is 5.76. The zero-order valence-corrected chi connectivity index (χ0v) is 11.7. The summed E-state index contributed by atoms with van der Waals surface area (Å²) < 4.78 is 40.6. The zero-order chi connectivity index (χ0) is 14.2. The average molecular weight is 333 g/mol.